The van der Waals surface area contributed by atoms with E-state index in [1.54, 1.807) is 7.05 Å². The molecule has 8 heteroatoms. The molecular formula is C24H36IN5O2. The summed E-state index contributed by atoms with van der Waals surface area (Å²) < 4.78 is 13.9. The molecule has 1 aromatic heterocycles. The van der Waals surface area contributed by atoms with Crippen molar-refractivity contribution in [1.29, 1.82) is 0 Å². The first-order chi connectivity index (χ1) is 15.2. The van der Waals surface area contributed by atoms with Crippen LogP contribution in [0.4, 0.5) is 0 Å². The lowest BCUT2D eigenvalue weighted by atomic mass is 10.1. The Morgan fingerprint density at radius 2 is 1.97 bits per heavy atom. The lowest BCUT2D eigenvalue weighted by Crippen LogP contribution is -2.36. The summed E-state index contributed by atoms with van der Waals surface area (Å²) in [6, 6.07) is 8.99. The molecule has 2 heterocycles. The fourth-order valence-electron chi connectivity index (χ4n) is 4.32. The van der Waals surface area contributed by atoms with Crippen LogP contribution in [-0.2, 0) is 17.8 Å². The Morgan fingerprint density at radius 3 is 2.72 bits per heavy atom. The summed E-state index contributed by atoms with van der Waals surface area (Å²) in [5.41, 5.74) is 3.33. The number of nitrogens with one attached hydrogen (secondary N) is 2. The molecule has 0 radical (unpaired) electrons. The van der Waals surface area contributed by atoms with Crippen molar-refractivity contribution in [2.75, 3.05) is 20.3 Å². The van der Waals surface area contributed by atoms with E-state index in [9.17, 15) is 0 Å². The second-order valence-electron chi connectivity index (χ2n) is 8.56. The lowest BCUT2D eigenvalue weighted by molar-refractivity contribution is 0.0676. The van der Waals surface area contributed by atoms with Crippen LogP contribution in [0.1, 0.15) is 61.4 Å². The van der Waals surface area contributed by atoms with Crippen LogP contribution in [0.15, 0.2) is 35.5 Å². The van der Waals surface area contributed by atoms with Crippen LogP contribution in [0.3, 0.4) is 0 Å². The van der Waals surface area contributed by atoms with Crippen molar-refractivity contribution in [1.82, 2.24) is 20.4 Å². The topological polar surface area (TPSA) is 72.7 Å². The first-order valence-electron chi connectivity index (χ1n) is 11.5. The van der Waals surface area contributed by atoms with Crippen LogP contribution in [-0.4, -0.2) is 42.1 Å². The molecule has 4 rings (SSSR count). The molecule has 1 unspecified atom stereocenters. The molecule has 1 aromatic carbocycles. The Balaban J connectivity index is 0.00000289. The number of aromatic nitrogens is 2. The third-order valence-electron chi connectivity index (χ3n) is 6.14. The van der Waals surface area contributed by atoms with E-state index in [0.717, 1.165) is 42.4 Å². The van der Waals surface area contributed by atoms with E-state index in [-0.39, 0.29) is 30.1 Å². The number of aryl methyl sites for hydroxylation is 1. The standard InChI is InChI=1S/C24H35N5O2.HI/c1-18-9-10-19(23(14-18)31-17-22-8-5-13-30-22)15-26-24(25-2)27-16-20-11-12-29(28-20)21-6-3-4-7-21;/h9-12,14,21-22H,3-8,13,15-17H2,1-2H3,(H2,25,26,27);1H. The zero-order chi connectivity index (χ0) is 21.5. The molecule has 1 aliphatic carbocycles. The number of hydrogen-bond acceptors (Lipinski definition) is 4. The number of aliphatic imine (C=N–C) groups is 1. The Morgan fingerprint density at radius 1 is 1.16 bits per heavy atom. The minimum Gasteiger partial charge on any atom is -0.491 e. The highest BCUT2D eigenvalue weighted by molar-refractivity contribution is 14.0. The number of rotatable bonds is 8. The van der Waals surface area contributed by atoms with Crippen molar-refractivity contribution < 1.29 is 9.47 Å². The summed E-state index contributed by atoms with van der Waals surface area (Å²) in [4.78, 5) is 4.36. The molecule has 2 N–H and O–H groups in total. The maximum absolute atomic E-state index is 6.11. The van der Waals surface area contributed by atoms with E-state index in [4.69, 9.17) is 14.6 Å². The van der Waals surface area contributed by atoms with Crippen LogP contribution >= 0.6 is 24.0 Å². The van der Waals surface area contributed by atoms with Gasteiger partial charge in [0.15, 0.2) is 5.96 Å². The Bertz CT molecular complexity index is 873. The predicted octanol–water partition coefficient (Wildman–Crippen LogP) is 4.35. The first-order valence-corrected chi connectivity index (χ1v) is 11.5. The van der Waals surface area contributed by atoms with E-state index in [1.807, 2.05) is 0 Å². The average molecular weight is 553 g/mol. The minimum atomic E-state index is 0. The van der Waals surface area contributed by atoms with Crippen molar-refractivity contribution in [3.05, 3.63) is 47.3 Å². The highest BCUT2D eigenvalue weighted by atomic mass is 127. The van der Waals surface area contributed by atoms with Gasteiger partial charge in [-0.2, -0.15) is 5.10 Å². The Hall–Kier alpha value is -1.81. The third kappa shape index (κ3) is 6.84. The van der Waals surface area contributed by atoms with E-state index < -0.39 is 0 Å². The average Bonchev–Trinajstić information content (AvgIpc) is 3.55. The number of hydrogen-bond donors (Lipinski definition) is 2. The van der Waals surface area contributed by atoms with Gasteiger partial charge in [0.25, 0.3) is 0 Å². The molecule has 1 saturated heterocycles. The van der Waals surface area contributed by atoms with Crippen LogP contribution in [0.25, 0.3) is 0 Å². The lowest BCUT2D eigenvalue weighted by Gasteiger charge is -2.17. The summed E-state index contributed by atoms with van der Waals surface area (Å²) in [7, 11) is 1.79. The van der Waals surface area contributed by atoms with Gasteiger partial charge in [-0.3, -0.25) is 9.67 Å². The van der Waals surface area contributed by atoms with Crippen molar-refractivity contribution in [3.8, 4) is 5.75 Å². The molecule has 1 aliphatic heterocycles. The van der Waals surface area contributed by atoms with Crippen LogP contribution < -0.4 is 15.4 Å². The molecular weight excluding hydrogens is 517 g/mol. The molecule has 2 fully saturated rings. The fraction of sp³-hybridized carbons (Fsp3) is 0.583. The molecule has 0 bridgehead atoms. The summed E-state index contributed by atoms with van der Waals surface area (Å²) in [6.45, 7) is 4.82. The summed E-state index contributed by atoms with van der Waals surface area (Å²) in [5.74, 6) is 1.66. The van der Waals surface area contributed by atoms with Gasteiger partial charge >= 0.3 is 0 Å². The van der Waals surface area contributed by atoms with Gasteiger partial charge in [-0.15, -0.1) is 24.0 Å². The number of nitrogens with zero attached hydrogens (tertiary/aromatic N) is 3. The monoisotopic (exact) mass is 553 g/mol. The molecule has 1 saturated carbocycles. The van der Waals surface area contributed by atoms with E-state index in [0.29, 0.717) is 25.7 Å². The van der Waals surface area contributed by atoms with Crippen molar-refractivity contribution in [3.63, 3.8) is 0 Å². The zero-order valence-electron chi connectivity index (χ0n) is 19.2. The molecule has 32 heavy (non-hydrogen) atoms. The molecule has 0 amide bonds. The molecule has 2 aliphatic rings. The number of ether oxygens (including phenoxy) is 2. The number of guanidine groups is 1. The molecule has 1 atom stereocenters. The quantitative estimate of drug-likeness (QED) is 0.289. The normalized spacial score (nSPS) is 19.1. The highest BCUT2D eigenvalue weighted by Gasteiger charge is 2.18. The van der Waals surface area contributed by atoms with Crippen molar-refractivity contribution in [2.45, 2.75) is 70.7 Å². The highest BCUT2D eigenvalue weighted by Crippen LogP contribution is 2.28. The third-order valence-corrected chi connectivity index (χ3v) is 6.14. The van der Waals surface area contributed by atoms with Gasteiger partial charge in [0, 0.05) is 32.0 Å². The zero-order valence-corrected chi connectivity index (χ0v) is 21.5. The van der Waals surface area contributed by atoms with Gasteiger partial charge < -0.3 is 20.1 Å². The van der Waals surface area contributed by atoms with Gasteiger partial charge in [-0.1, -0.05) is 25.0 Å². The van der Waals surface area contributed by atoms with Gasteiger partial charge in [-0.25, -0.2) is 0 Å². The molecule has 0 spiro atoms. The van der Waals surface area contributed by atoms with Crippen LogP contribution in [0.2, 0.25) is 0 Å². The van der Waals surface area contributed by atoms with E-state index in [2.05, 4.69) is 57.7 Å². The Labute approximate surface area is 208 Å². The first kappa shape index (κ1) is 24.8. The SMILES string of the molecule is CN=C(NCc1ccn(C2CCCC2)n1)NCc1ccc(C)cc1OCC1CCCO1.I. The van der Waals surface area contributed by atoms with Gasteiger partial charge in [0.1, 0.15) is 12.4 Å². The summed E-state index contributed by atoms with van der Waals surface area (Å²) in [6.07, 6.45) is 9.62. The van der Waals surface area contributed by atoms with Crippen LogP contribution in [0, 0.1) is 6.92 Å². The second-order valence-corrected chi connectivity index (χ2v) is 8.56. The fourth-order valence-corrected chi connectivity index (χ4v) is 4.32. The number of benzene rings is 1. The predicted molar refractivity (Wildman–Crippen MR) is 138 cm³/mol. The van der Waals surface area contributed by atoms with Crippen LogP contribution in [0.5, 0.6) is 5.75 Å². The minimum absolute atomic E-state index is 0. The van der Waals surface area contributed by atoms with E-state index >= 15 is 0 Å². The van der Waals surface area contributed by atoms with Crippen molar-refractivity contribution >= 4 is 29.9 Å². The van der Waals surface area contributed by atoms with Gasteiger partial charge in [0.2, 0.25) is 0 Å². The molecule has 2 aromatic rings. The smallest absolute Gasteiger partial charge is 0.191 e. The molecule has 176 valence electrons. The largest absolute Gasteiger partial charge is 0.491 e. The van der Waals surface area contributed by atoms with Gasteiger partial charge in [-0.05, 0) is 50.3 Å². The summed E-state index contributed by atoms with van der Waals surface area (Å²) in [5, 5.41) is 11.5. The number of halogens is 1. The maximum Gasteiger partial charge on any atom is 0.191 e. The Kier molecular flexibility index (Phi) is 9.65. The molecule has 7 nitrogen and oxygen atoms in total. The van der Waals surface area contributed by atoms with Gasteiger partial charge in [0.05, 0.1) is 24.4 Å². The van der Waals surface area contributed by atoms with Crippen molar-refractivity contribution in [2.24, 2.45) is 4.99 Å². The summed E-state index contributed by atoms with van der Waals surface area (Å²) >= 11 is 0. The maximum atomic E-state index is 6.11. The second kappa shape index (κ2) is 12.4. The van der Waals surface area contributed by atoms with E-state index in [1.165, 1.54) is 31.2 Å².